The Labute approximate surface area is 116 Å². The minimum Gasteiger partial charge on any atom is -0.385 e. The number of hydrogen-bond acceptors (Lipinski definition) is 3. The number of nitrogens with two attached hydrogens (primary N) is 1. The zero-order valence-corrected chi connectivity index (χ0v) is 11.8. The van der Waals surface area contributed by atoms with E-state index in [-0.39, 0.29) is 12.1 Å². The molecule has 19 heavy (non-hydrogen) atoms. The van der Waals surface area contributed by atoms with Crippen LogP contribution in [-0.4, -0.2) is 32.5 Å². The van der Waals surface area contributed by atoms with Gasteiger partial charge in [-0.25, -0.2) is 0 Å². The standard InChI is InChI=1S/C16H25NO2/c1-18-10-5-11-19-16-12-14(8-9-15(16)17)13-6-3-2-4-7-13/h2-4,6-7,14-16H,5,8-12,17H2,1H3. The van der Waals surface area contributed by atoms with Crippen molar-refractivity contribution in [1.82, 2.24) is 0 Å². The first-order chi connectivity index (χ1) is 9.31. The second-order valence-corrected chi connectivity index (χ2v) is 5.34. The third-order valence-corrected chi connectivity index (χ3v) is 3.94. The monoisotopic (exact) mass is 263 g/mol. The number of ether oxygens (including phenoxy) is 2. The van der Waals surface area contributed by atoms with Gasteiger partial charge in [0.15, 0.2) is 0 Å². The SMILES string of the molecule is COCCCOC1CC(c2ccccc2)CCC1N. The topological polar surface area (TPSA) is 44.5 Å². The van der Waals surface area contributed by atoms with Gasteiger partial charge in [0.1, 0.15) is 0 Å². The van der Waals surface area contributed by atoms with Crippen LogP contribution in [0.2, 0.25) is 0 Å². The zero-order valence-electron chi connectivity index (χ0n) is 11.8. The van der Waals surface area contributed by atoms with E-state index in [4.69, 9.17) is 15.2 Å². The molecule has 1 aromatic carbocycles. The molecule has 0 amide bonds. The van der Waals surface area contributed by atoms with E-state index in [0.717, 1.165) is 32.5 Å². The summed E-state index contributed by atoms with van der Waals surface area (Å²) in [5.41, 5.74) is 7.59. The van der Waals surface area contributed by atoms with E-state index in [1.165, 1.54) is 12.0 Å². The summed E-state index contributed by atoms with van der Waals surface area (Å²) in [6.07, 6.45) is 4.39. The van der Waals surface area contributed by atoms with Crippen LogP contribution in [0.15, 0.2) is 30.3 Å². The van der Waals surface area contributed by atoms with Crippen LogP contribution in [0.1, 0.15) is 37.2 Å². The van der Waals surface area contributed by atoms with Crippen LogP contribution >= 0.6 is 0 Å². The fourth-order valence-electron chi connectivity index (χ4n) is 2.81. The average Bonchev–Trinajstić information content (AvgIpc) is 2.46. The summed E-state index contributed by atoms with van der Waals surface area (Å²) in [5.74, 6) is 0.591. The van der Waals surface area contributed by atoms with Gasteiger partial charge in [-0.05, 0) is 37.2 Å². The smallest absolute Gasteiger partial charge is 0.0731 e. The number of rotatable bonds is 6. The summed E-state index contributed by atoms with van der Waals surface area (Å²) in [6.45, 7) is 1.50. The Morgan fingerprint density at radius 2 is 1.95 bits per heavy atom. The van der Waals surface area contributed by atoms with Crippen LogP contribution in [0.3, 0.4) is 0 Å². The molecule has 3 atom stereocenters. The zero-order chi connectivity index (χ0) is 13.5. The molecule has 0 bridgehead atoms. The van der Waals surface area contributed by atoms with Crippen LogP contribution < -0.4 is 5.73 Å². The maximum Gasteiger partial charge on any atom is 0.0731 e. The quantitative estimate of drug-likeness (QED) is 0.803. The lowest BCUT2D eigenvalue weighted by atomic mass is 9.80. The van der Waals surface area contributed by atoms with E-state index in [2.05, 4.69) is 30.3 Å². The maximum atomic E-state index is 6.18. The summed E-state index contributed by atoms with van der Waals surface area (Å²) in [5, 5.41) is 0. The van der Waals surface area contributed by atoms with Crippen LogP contribution in [-0.2, 0) is 9.47 Å². The summed E-state index contributed by atoms with van der Waals surface area (Å²) < 4.78 is 11.0. The van der Waals surface area contributed by atoms with E-state index in [9.17, 15) is 0 Å². The lowest BCUT2D eigenvalue weighted by Crippen LogP contribution is -2.41. The highest BCUT2D eigenvalue weighted by Crippen LogP contribution is 2.33. The van der Waals surface area contributed by atoms with E-state index < -0.39 is 0 Å². The molecule has 2 N–H and O–H groups in total. The number of hydrogen-bond donors (Lipinski definition) is 1. The molecule has 1 aliphatic rings. The molecule has 0 saturated heterocycles. The summed E-state index contributed by atoms with van der Waals surface area (Å²) >= 11 is 0. The molecule has 1 fully saturated rings. The van der Waals surface area contributed by atoms with Crippen molar-refractivity contribution in [3.63, 3.8) is 0 Å². The molecule has 0 heterocycles. The van der Waals surface area contributed by atoms with Crippen molar-refractivity contribution < 1.29 is 9.47 Å². The van der Waals surface area contributed by atoms with Gasteiger partial charge in [-0.15, -0.1) is 0 Å². The molecule has 0 spiro atoms. The van der Waals surface area contributed by atoms with Gasteiger partial charge in [0.2, 0.25) is 0 Å². The highest BCUT2D eigenvalue weighted by atomic mass is 16.5. The van der Waals surface area contributed by atoms with Gasteiger partial charge in [-0.3, -0.25) is 0 Å². The van der Waals surface area contributed by atoms with Crippen LogP contribution in [0.5, 0.6) is 0 Å². The molecule has 1 aromatic rings. The first kappa shape index (κ1) is 14.5. The second kappa shape index (κ2) is 7.63. The maximum absolute atomic E-state index is 6.18. The van der Waals surface area contributed by atoms with E-state index in [1.807, 2.05) is 0 Å². The largest absolute Gasteiger partial charge is 0.385 e. The normalized spacial score (nSPS) is 27.4. The van der Waals surface area contributed by atoms with Crippen molar-refractivity contribution >= 4 is 0 Å². The molecule has 0 aliphatic heterocycles. The highest BCUT2D eigenvalue weighted by molar-refractivity contribution is 5.20. The fourth-order valence-corrected chi connectivity index (χ4v) is 2.81. The lowest BCUT2D eigenvalue weighted by molar-refractivity contribution is 0.00124. The third kappa shape index (κ3) is 4.30. The molecular weight excluding hydrogens is 238 g/mol. The third-order valence-electron chi connectivity index (χ3n) is 3.94. The van der Waals surface area contributed by atoms with E-state index in [1.54, 1.807) is 7.11 Å². The Morgan fingerprint density at radius 1 is 1.16 bits per heavy atom. The predicted molar refractivity (Wildman–Crippen MR) is 77.2 cm³/mol. The first-order valence-electron chi connectivity index (χ1n) is 7.22. The van der Waals surface area contributed by atoms with Crippen LogP contribution in [0, 0.1) is 0 Å². The Morgan fingerprint density at radius 3 is 2.68 bits per heavy atom. The predicted octanol–water partition coefficient (Wildman–Crippen LogP) is 2.70. The summed E-state index contributed by atoms with van der Waals surface area (Å²) in [4.78, 5) is 0. The molecule has 1 aliphatic carbocycles. The van der Waals surface area contributed by atoms with Crippen LogP contribution in [0.25, 0.3) is 0 Å². The van der Waals surface area contributed by atoms with Crippen molar-refractivity contribution in [3.05, 3.63) is 35.9 Å². The van der Waals surface area contributed by atoms with E-state index >= 15 is 0 Å². The van der Waals surface area contributed by atoms with Gasteiger partial charge in [0, 0.05) is 26.4 Å². The van der Waals surface area contributed by atoms with Crippen molar-refractivity contribution in [2.45, 2.75) is 43.7 Å². The van der Waals surface area contributed by atoms with Crippen molar-refractivity contribution in [2.24, 2.45) is 5.73 Å². The summed E-state index contributed by atoms with van der Waals surface area (Å²) in [7, 11) is 1.72. The molecule has 3 unspecified atom stereocenters. The molecule has 3 heteroatoms. The number of methoxy groups -OCH3 is 1. The lowest BCUT2D eigenvalue weighted by Gasteiger charge is -2.34. The molecule has 1 saturated carbocycles. The molecule has 3 nitrogen and oxygen atoms in total. The molecule has 0 radical (unpaired) electrons. The van der Waals surface area contributed by atoms with Gasteiger partial charge in [-0.2, -0.15) is 0 Å². The molecule has 106 valence electrons. The molecule has 2 rings (SSSR count). The van der Waals surface area contributed by atoms with E-state index in [0.29, 0.717) is 5.92 Å². The van der Waals surface area contributed by atoms with Gasteiger partial charge in [0.05, 0.1) is 6.10 Å². The fraction of sp³-hybridized carbons (Fsp3) is 0.625. The minimum absolute atomic E-state index is 0.183. The Kier molecular flexibility index (Phi) is 5.83. The van der Waals surface area contributed by atoms with Gasteiger partial charge in [-0.1, -0.05) is 30.3 Å². The van der Waals surface area contributed by atoms with Crippen molar-refractivity contribution in [1.29, 1.82) is 0 Å². The number of benzene rings is 1. The average molecular weight is 263 g/mol. The highest BCUT2D eigenvalue weighted by Gasteiger charge is 2.29. The van der Waals surface area contributed by atoms with Crippen molar-refractivity contribution in [3.8, 4) is 0 Å². The summed E-state index contributed by atoms with van der Waals surface area (Å²) in [6, 6.07) is 10.9. The van der Waals surface area contributed by atoms with Gasteiger partial charge < -0.3 is 15.2 Å². The Bertz CT molecular complexity index is 355. The Hall–Kier alpha value is -0.900. The van der Waals surface area contributed by atoms with Crippen LogP contribution in [0.4, 0.5) is 0 Å². The minimum atomic E-state index is 0.183. The second-order valence-electron chi connectivity index (χ2n) is 5.34. The molecular formula is C16H25NO2. The first-order valence-corrected chi connectivity index (χ1v) is 7.22. The van der Waals surface area contributed by atoms with Gasteiger partial charge >= 0.3 is 0 Å². The Balaban J connectivity index is 1.85. The van der Waals surface area contributed by atoms with Crippen molar-refractivity contribution in [2.75, 3.05) is 20.3 Å². The van der Waals surface area contributed by atoms with Gasteiger partial charge in [0.25, 0.3) is 0 Å². The molecule has 0 aromatic heterocycles.